The molecule has 0 fully saturated rings. The number of benzene rings is 2. The number of carbonyl (C=O) groups is 1. The Balaban J connectivity index is 2.12. The molecule has 0 saturated carbocycles. The number of hydrogen-bond acceptors (Lipinski definition) is 3. The number of carboxylic acid groups (broad SMARTS) is 1. The van der Waals surface area contributed by atoms with Crippen LogP contribution in [0.25, 0.3) is 10.9 Å². The molecule has 118 valence electrons. The lowest BCUT2D eigenvalue weighted by Gasteiger charge is -2.04. The first-order valence-electron chi connectivity index (χ1n) is 7.04. The second-order valence-electron chi connectivity index (χ2n) is 5.10. The van der Waals surface area contributed by atoms with Gasteiger partial charge in [0.05, 0.1) is 4.90 Å². The molecule has 23 heavy (non-hydrogen) atoms. The Bertz CT molecular complexity index is 876. The van der Waals surface area contributed by atoms with Crippen molar-refractivity contribution in [1.82, 2.24) is 10.3 Å². The maximum atomic E-state index is 13.4. The molecule has 0 unspecified atom stereocenters. The summed E-state index contributed by atoms with van der Waals surface area (Å²) in [5, 5.41) is 13.3. The Morgan fingerprint density at radius 1 is 1.30 bits per heavy atom. The number of aromatic nitrogens is 1. The monoisotopic (exact) mass is 330 g/mol. The first-order chi connectivity index (χ1) is 11.1. The van der Waals surface area contributed by atoms with E-state index in [4.69, 9.17) is 0 Å². The van der Waals surface area contributed by atoms with Crippen LogP contribution in [0.5, 0.6) is 0 Å². The Labute approximate surface area is 136 Å². The molecular weight excluding hydrogens is 315 g/mol. The van der Waals surface area contributed by atoms with Gasteiger partial charge in [0.2, 0.25) is 0 Å². The summed E-state index contributed by atoms with van der Waals surface area (Å²) in [6.45, 7) is 0.688. The van der Waals surface area contributed by atoms with Gasteiger partial charge in [0.25, 0.3) is 0 Å². The minimum Gasteiger partial charge on any atom is -0.477 e. The van der Waals surface area contributed by atoms with Gasteiger partial charge >= 0.3 is 5.97 Å². The lowest BCUT2D eigenvalue weighted by Crippen LogP contribution is -2.04. The molecule has 1 heterocycles. The van der Waals surface area contributed by atoms with E-state index in [2.05, 4.69) is 10.3 Å². The van der Waals surface area contributed by atoms with Crippen LogP contribution in [0.2, 0.25) is 0 Å². The fourth-order valence-corrected chi connectivity index (χ4v) is 3.51. The van der Waals surface area contributed by atoms with Gasteiger partial charge in [0.1, 0.15) is 11.5 Å². The second kappa shape index (κ2) is 6.44. The summed E-state index contributed by atoms with van der Waals surface area (Å²) in [5.74, 6) is -1.38. The molecule has 6 heteroatoms. The van der Waals surface area contributed by atoms with Crippen molar-refractivity contribution in [3.63, 3.8) is 0 Å². The van der Waals surface area contributed by atoms with E-state index in [1.807, 2.05) is 25.2 Å². The number of fused-ring (bicyclic) bond motifs is 1. The summed E-state index contributed by atoms with van der Waals surface area (Å²) < 4.78 is 13.4. The molecule has 0 aliphatic heterocycles. The van der Waals surface area contributed by atoms with Crippen molar-refractivity contribution < 1.29 is 14.3 Å². The summed E-state index contributed by atoms with van der Waals surface area (Å²) in [6, 6.07) is 11.9. The molecule has 0 spiro atoms. The topological polar surface area (TPSA) is 65.1 Å². The zero-order chi connectivity index (χ0) is 16.4. The molecule has 2 aromatic carbocycles. The van der Waals surface area contributed by atoms with Crippen molar-refractivity contribution in [2.75, 3.05) is 7.05 Å². The Hall–Kier alpha value is -2.31. The third-order valence-electron chi connectivity index (χ3n) is 3.43. The molecule has 3 N–H and O–H groups in total. The van der Waals surface area contributed by atoms with Crippen LogP contribution in [0.3, 0.4) is 0 Å². The van der Waals surface area contributed by atoms with Gasteiger partial charge in [-0.05, 0) is 42.9 Å². The van der Waals surface area contributed by atoms with Crippen molar-refractivity contribution in [3.8, 4) is 0 Å². The highest BCUT2D eigenvalue weighted by Crippen LogP contribution is 2.37. The van der Waals surface area contributed by atoms with Gasteiger partial charge in [-0.2, -0.15) is 0 Å². The third-order valence-corrected chi connectivity index (χ3v) is 4.54. The van der Waals surface area contributed by atoms with Crippen molar-refractivity contribution in [2.24, 2.45) is 0 Å². The van der Waals surface area contributed by atoms with Crippen LogP contribution in [-0.4, -0.2) is 23.1 Å². The van der Waals surface area contributed by atoms with Crippen LogP contribution in [0.1, 0.15) is 16.1 Å². The van der Waals surface area contributed by atoms with Crippen LogP contribution >= 0.6 is 11.8 Å². The number of aromatic amines is 1. The van der Waals surface area contributed by atoms with Crippen LogP contribution in [-0.2, 0) is 6.54 Å². The van der Waals surface area contributed by atoms with Crippen molar-refractivity contribution in [1.29, 1.82) is 0 Å². The molecule has 0 atom stereocenters. The standard InChI is InChI=1S/C17H15FN2O2S/c1-19-9-10-5-6-14-13(7-10)16(15(20-14)17(21)22)23-12-4-2-3-11(18)8-12/h2-8,19-20H,9H2,1H3,(H,21,22). The van der Waals surface area contributed by atoms with Crippen LogP contribution in [0.4, 0.5) is 4.39 Å². The van der Waals surface area contributed by atoms with E-state index < -0.39 is 5.97 Å². The number of aromatic carboxylic acids is 1. The zero-order valence-electron chi connectivity index (χ0n) is 12.4. The van der Waals surface area contributed by atoms with E-state index in [-0.39, 0.29) is 11.5 Å². The minimum absolute atomic E-state index is 0.121. The highest BCUT2D eigenvalue weighted by atomic mass is 32.2. The molecule has 3 aromatic rings. The number of halogens is 1. The summed E-state index contributed by atoms with van der Waals surface area (Å²) in [4.78, 5) is 15.7. The molecule has 0 radical (unpaired) electrons. The van der Waals surface area contributed by atoms with Gasteiger partial charge in [-0.1, -0.05) is 23.9 Å². The van der Waals surface area contributed by atoms with Crippen molar-refractivity contribution in [2.45, 2.75) is 16.3 Å². The second-order valence-corrected chi connectivity index (χ2v) is 6.19. The quantitative estimate of drug-likeness (QED) is 0.664. The highest BCUT2D eigenvalue weighted by molar-refractivity contribution is 7.99. The van der Waals surface area contributed by atoms with Gasteiger partial charge in [0, 0.05) is 22.3 Å². The number of rotatable bonds is 5. The SMILES string of the molecule is CNCc1ccc2[nH]c(C(=O)O)c(Sc3cccc(F)c3)c2c1. The van der Waals surface area contributed by atoms with Crippen molar-refractivity contribution >= 4 is 28.6 Å². The molecule has 4 nitrogen and oxygen atoms in total. The maximum absolute atomic E-state index is 13.4. The van der Waals surface area contributed by atoms with Crippen LogP contribution < -0.4 is 5.32 Å². The van der Waals surface area contributed by atoms with E-state index in [1.165, 1.54) is 23.9 Å². The van der Waals surface area contributed by atoms with E-state index in [9.17, 15) is 14.3 Å². The molecule has 0 amide bonds. The normalized spacial score (nSPS) is 11.0. The van der Waals surface area contributed by atoms with E-state index >= 15 is 0 Å². The predicted octanol–water partition coefficient (Wildman–Crippen LogP) is 3.88. The Morgan fingerprint density at radius 2 is 2.13 bits per heavy atom. The maximum Gasteiger partial charge on any atom is 0.353 e. The van der Waals surface area contributed by atoms with Gasteiger partial charge in [-0.15, -0.1) is 0 Å². The van der Waals surface area contributed by atoms with Gasteiger partial charge in [-0.3, -0.25) is 0 Å². The summed E-state index contributed by atoms with van der Waals surface area (Å²) in [5.41, 5.74) is 1.93. The largest absolute Gasteiger partial charge is 0.477 e. The molecule has 3 rings (SSSR count). The highest BCUT2D eigenvalue weighted by Gasteiger charge is 2.18. The summed E-state index contributed by atoms with van der Waals surface area (Å²) in [7, 11) is 1.85. The minimum atomic E-state index is -1.03. The lowest BCUT2D eigenvalue weighted by atomic mass is 10.1. The molecule has 0 bridgehead atoms. The number of H-pyrrole nitrogens is 1. The lowest BCUT2D eigenvalue weighted by molar-refractivity contribution is 0.0688. The average Bonchev–Trinajstić information content (AvgIpc) is 2.86. The predicted molar refractivity (Wildman–Crippen MR) is 88.5 cm³/mol. The smallest absolute Gasteiger partial charge is 0.353 e. The summed E-state index contributed by atoms with van der Waals surface area (Å²) >= 11 is 1.25. The first-order valence-corrected chi connectivity index (χ1v) is 7.86. The summed E-state index contributed by atoms with van der Waals surface area (Å²) in [6.07, 6.45) is 0. The molecule has 0 aliphatic carbocycles. The molecule has 1 aromatic heterocycles. The van der Waals surface area contributed by atoms with Gasteiger partial charge in [0.15, 0.2) is 0 Å². The van der Waals surface area contributed by atoms with E-state index in [1.54, 1.807) is 12.1 Å². The fourth-order valence-electron chi connectivity index (χ4n) is 2.43. The molecule has 0 saturated heterocycles. The third kappa shape index (κ3) is 3.23. The first kappa shape index (κ1) is 15.6. The van der Waals surface area contributed by atoms with Crippen molar-refractivity contribution in [3.05, 3.63) is 59.5 Å². The van der Waals surface area contributed by atoms with Crippen LogP contribution in [0, 0.1) is 5.82 Å². The Kier molecular flexibility index (Phi) is 4.36. The average molecular weight is 330 g/mol. The number of hydrogen-bond donors (Lipinski definition) is 3. The number of carboxylic acids is 1. The fraction of sp³-hybridized carbons (Fsp3) is 0.118. The van der Waals surface area contributed by atoms with Gasteiger partial charge < -0.3 is 15.4 Å². The zero-order valence-corrected chi connectivity index (χ0v) is 13.2. The van der Waals surface area contributed by atoms with Crippen LogP contribution in [0.15, 0.2) is 52.3 Å². The molecule has 0 aliphatic rings. The number of nitrogens with one attached hydrogen (secondary N) is 2. The Morgan fingerprint density at radius 3 is 2.83 bits per heavy atom. The van der Waals surface area contributed by atoms with E-state index in [0.717, 1.165) is 16.5 Å². The van der Waals surface area contributed by atoms with Gasteiger partial charge in [-0.25, -0.2) is 9.18 Å². The van der Waals surface area contributed by atoms with E-state index in [0.29, 0.717) is 16.3 Å². The molecular formula is C17H15FN2O2S.